The van der Waals surface area contributed by atoms with Crippen LogP contribution in [0.2, 0.25) is 5.02 Å². The second kappa shape index (κ2) is 4.36. The molecule has 0 saturated carbocycles. The standard InChI is InChI=1S/C13H17ClO2/c1-9(2)5-10-3-4-11(12(14)6-10)13(15)7-16-8-13/h3-4,6,9,15H,5,7-8H2,1-2H3. The summed E-state index contributed by atoms with van der Waals surface area (Å²) in [6.45, 7) is 5.04. The number of benzene rings is 1. The van der Waals surface area contributed by atoms with Gasteiger partial charge in [0.1, 0.15) is 5.60 Å². The molecular weight excluding hydrogens is 224 g/mol. The van der Waals surface area contributed by atoms with Crippen molar-refractivity contribution in [2.75, 3.05) is 13.2 Å². The van der Waals surface area contributed by atoms with Crippen LogP contribution in [0.3, 0.4) is 0 Å². The molecule has 88 valence electrons. The van der Waals surface area contributed by atoms with Crippen LogP contribution in [0, 0.1) is 5.92 Å². The second-order valence-corrected chi connectivity index (χ2v) is 5.34. The van der Waals surface area contributed by atoms with Crippen molar-refractivity contribution in [3.63, 3.8) is 0 Å². The van der Waals surface area contributed by atoms with E-state index in [0.717, 1.165) is 12.0 Å². The molecule has 1 aliphatic heterocycles. The van der Waals surface area contributed by atoms with Crippen molar-refractivity contribution in [1.29, 1.82) is 0 Å². The molecule has 1 heterocycles. The minimum absolute atomic E-state index is 0.343. The fourth-order valence-corrected chi connectivity index (χ4v) is 2.36. The summed E-state index contributed by atoms with van der Waals surface area (Å²) in [4.78, 5) is 0. The third-order valence-corrected chi connectivity index (χ3v) is 3.17. The monoisotopic (exact) mass is 240 g/mol. The van der Waals surface area contributed by atoms with Gasteiger partial charge in [-0.3, -0.25) is 0 Å². The molecule has 0 spiro atoms. The Morgan fingerprint density at radius 3 is 2.56 bits per heavy atom. The summed E-state index contributed by atoms with van der Waals surface area (Å²) in [5, 5.41) is 10.8. The van der Waals surface area contributed by atoms with Crippen LogP contribution >= 0.6 is 11.6 Å². The molecule has 1 saturated heterocycles. The van der Waals surface area contributed by atoms with E-state index in [2.05, 4.69) is 13.8 Å². The molecule has 1 fully saturated rings. The molecule has 0 unspecified atom stereocenters. The fourth-order valence-electron chi connectivity index (χ4n) is 1.99. The van der Waals surface area contributed by atoms with Crippen molar-refractivity contribution in [3.05, 3.63) is 34.3 Å². The first kappa shape index (κ1) is 11.9. The SMILES string of the molecule is CC(C)Cc1ccc(C2(O)COC2)c(Cl)c1. The minimum atomic E-state index is -0.868. The summed E-state index contributed by atoms with van der Waals surface area (Å²) < 4.78 is 5.03. The molecule has 16 heavy (non-hydrogen) atoms. The Balaban J connectivity index is 2.23. The number of hydrogen-bond donors (Lipinski definition) is 1. The van der Waals surface area contributed by atoms with Crippen LogP contribution in [0.1, 0.15) is 25.0 Å². The van der Waals surface area contributed by atoms with Gasteiger partial charge in [-0.1, -0.05) is 37.6 Å². The minimum Gasteiger partial charge on any atom is -0.380 e. The van der Waals surface area contributed by atoms with Crippen LogP contribution in [0.25, 0.3) is 0 Å². The summed E-state index contributed by atoms with van der Waals surface area (Å²) in [5.74, 6) is 0.608. The number of rotatable bonds is 3. The second-order valence-electron chi connectivity index (χ2n) is 4.94. The molecule has 2 rings (SSSR count). The van der Waals surface area contributed by atoms with Crippen molar-refractivity contribution in [2.24, 2.45) is 5.92 Å². The van der Waals surface area contributed by atoms with E-state index in [9.17, 15) is 5.11 Å². The molecule has 1 N–H and O–H groups in total. The van der Waals surface area contributed by atoms with Crippen molar-refractivity contribution >= 4 is 11.6 Å². The van der Waals surface area contributed by atoms with Crippen LogP contribution < -0.4 is 0 Å². The maximum Gasteiger partial charge on any atom is 0.137 e. The Morgan fingerprint density at radius 2 is 2.12 bits per heavy atom. The molecule has 1 aromatic rings. The van der Waals surface area contributed by atoms with Crippen molar-refractivity contribution in [3.8, 4) is 0 Å². The van der Waals surface area contributed by atoms with Gasteiger partial charge < -0.3 is 9.84 Å². The normalized spacial score (nSPS) is 18.6. The third-order valence-electron chi connectivity index (χ3n) is 2.86. The highest BCUT2D eigenvalue weighted by atomic mass is 35.5. The van der Waals surface area contributed by atoms with Gasteiger partial charge in [-0.2, -0.15) is 0 Å². The predicted octanol–water partition coefficient (Wildman–Crippen LogP) is 2.76. The Bertz CT molecular complexity index is 384. The van der Waals surface area contributed by atoms with Gasteiger partial charge in [0.2, 0.25) is 0 Å². The Hall–Kier alpha value is -0.570. The van der Waals surface area contributed by atoms with Gasteiger partial charge in [-0.25, -0.2) is 0 Å². The van der Waals surface area contributed by atoms with Crippen molar-refractivity contribution in [1.82, 2.24) is 0 Å². The third kappa shape index (κ3) is 2.24. The van der Waals surface area contributed by atoms with Crippen LogP contribution in [-0.2, 0) is 16.8 Å². The molecule has 2 nitrogen and oxygen atoms in total. The van der Waals surface area contributed by atoms with Crippen LogP contribution in [0.4, 0.5) is 0 Å². The van der Waals surface area contributed by atoms with E-state index in [1.807, 2.05) is 18.2 Å². The van der Waals surface area contributed by atoms with Crippen LogP contribution in [-0.4, -0.2) is 18.3 Å². The largest absolute Gasteiger partial charge is 0.380 e. The molecule has 1 aliphatic rings. The van der Waals surface area contributed by atoms with Gasteiger partial charge >= 0.3 is 0 Å². The first-order chi connectivity index (χ1) is 7.51. The van der Waals surface area contributed by atoms with Gasteiger partial charge in [0.25, 0.3) is 0 Å². The average Bonchev–Trinajstić information content (AvgIpc) is 2.13. The lowest BCUT2D eigenvalue weighted by Crippen LogP contribution is -2.46. The molecule has 0 aromatic heterocycles. The fraction of sp³-hybridized carbons (Fsp3) is 0.538. The Kier molecular flexibility index (Phi) is 3.24. The number of halogens is 1. The number of aliphatic hydroxyl groups is 1. The van der Waals surface area contributed by atoms with E-state index in [1.54, 1.807) is 0 Å². The predicted molar refractivity (Wildman–Crippen MR) is 64.7 cm³/mol. The summed E-state index contributed by atoms with van der Waals surface area (Å²) in [7, 11) is 0. The zero-order valence-corrected chi connectivity index (χ0v) is 10.4. The van der Waals surface area contributed by atoms with Crippen LogP contribution in [0.15, 0.2) is 18.2 Å². The maximum absolute atomic E-state index is 10.1. The molecule has 0 amide bonds. The molecule has 0 radical (unpaired) electrons. The van der Waals surface area contributed by atoms with Crippen molar-refractivity contribution < 1.29 is 9.84 Å². The first-order valence-electron chi connectivity index (χ1n) is 5.60. The highest BCUT2D eigenvalue weighted by molar-refractivity contribution is 6.31. The summed E-state index contributed by atoms with van der Waals surface area (Å²) in [6.07, 6.45) is 1.01. The lowest BCUT2D eigenvalue weighted by molar-refractivity contribution is -0.184. The average molecular weight is 241 g/mol. The molecule has 0 aliphatic carbocycles. The Morgan fingerprint density at radius 1 is 1.44 bits per heavy atom. The topological polar surface area (TPSA) is 29.5 Å². The van der Waals surface area contributed by atoms with E-state index < -0.39 is 5.60 Å². The Labute approximate surface area is 101 Å². The van der Waals surface area contributed by atoms with E-state index in [-0.39, 0.29) is 0 Å². The first-order valence-corrected chi connectivity index (χ1v) is 5.98. The van der Waals surface area contributed by atoms with Gasteiger partial charge in [0, 0.05) is 10.6 Å². The summed E-state index contributed by atoms with van der Waals surface area (Å²) in [6, 6.07) is 5.91. The van der Waals surface area contributed by atoms with E-state index >= 15 is 0 Å². The smallest absolute Gasteiger partial charge is 0.137 e. The van der Waals surface area contributed by atoms with Gasteiger partial charge in [0.15, 0.2) is 0 Å². The lowest BCUT2D eigenvalue weighted by atomic mass is 9.90. The zero-order chi connectivity index (χ0) is 11.8. The van der Waals surface area contributed by atoms with E-state index in [0.29, 0.717) is 24.2 Å². The number of ether oxygens (including phenoxy) is 1. The summed E-state index contributed by atoms with van der Waals surface area (Å²) in [5.41, 5.74) is 1.13. The molecule has 0 atom stereocenters. The summed E-state index contributed by atoms with van der Waals surface area (Å²) >= 11 is 6.19. The number of hydrogen-bond acceptors (Lipinski definition) is 2. The lowest BCUT2D eigenvalue weighted by Gasteiger charge is -2.37. The highest BCUT2D eigenvalue weighted by Gasteiger charge is 2.39. The molecule has 0 bridgehead atoms. The zero-order valence-electron chi connectivity index (χ0n) is 9.66. The van der Waals surface area contributed by atoms with E-state index in [4.69, 9.17) is 16.3 Å². The van der Waals surface area contributed by atoms with E-state index in [1.165, 1.54) is 5.56 Å². The van der Waals surface area contributed by atoms with Gasteiger partial charge in [0.05, 0.1) is 13.2 Å². The molecule has 1 aromatic carbocycles. The molecule has 3 heteroatoms. The maximum atomic E-state index is 10.1. The van der Waals surface area contributed by atoms with Crippen molar-refractivity contribution in [2.45, 2.75) is 25.9 Å². The van der Waals surface area contributed by atoms with Gasteiger partial charge in [-0.05, 0) is 24.0 Å². The highest BCUT2D eigenvalue weighted by Crippen LogP contribution is 2.34. The quantitative estimate of drug-likeness (QED) is 0.881. The van der Waals surface area contributed by atoms with Crippen LogP contribution in [0.5, 0.6) is 0 Å². The van der Waals surface area contributed by atoms with Gasteiger partial charge in [-0.15, -0.1) is 0 Å². The molecular formula is C13H17ClO2.